The number of nitrogens with two attached hydrogens (primary N) is 1. The number of aryl methyl sites for hydroxylation is 1. The largest absolute Gasteiger partial charge is 0.508 e. The normalized spacial score (nSPS) is 12.6. The van der Waals surface area contributed by atoms with E-state index >= 15 is 0 Å². The fourth-order valence-corrected chi connectivity index (χ4v) is 1.43. The van der Waals surface area contributed by atoms with Crippen LogP contribution in [0.25, 0.3) is 0 Å². The average Bonchev–Trinajstić information content (AvgIpc) is 2.17. The molecular weight excluding hydrogens is 178 g/mol. The summed E-state index contributed by atoms with van der Waals surface area (Å²) in [6.07, 6.45) is 0. The maximum Gasteiger partial charge on any atom is 0.122 e. The highest BCUT2D eigenvalue weighted by molar-refractivity contribution is 5.46. The van der Waals surface area contributed by atoms with E-state index in [-0.39, 0.29) is 5.92 Å². The first kappa shape index (κ1) is 10.9. The van der Waals surface area contributed by atoms with Crippen molar-refractivity contribution >= 4 is 0 Å². The molecule has 3 nitrogen and oxygen atoms in total. The number of hydrogen-bond donors (Lipinski definition) is 2. The average molecular weight is 195 g/mol. The highest BCUT2D eigenvalue weighted by atomic mass is 16.5. The predicted molar refractivity (Wildman–Crippen MR) is 56.9 cm³/mol. The van der Waals surface area contributed by atoms with Gasteiger partial charge in [-0.3, -0.25) is 0 Å². The number of methoxy groups -OCH3 is 1. The molecule has 3 N–H and O–H groups in total. The summed E-state index contributed by atoms with van der Waals surface area (Å²) < 4.78 is 5.18. The molecule has 0 saturated carbocycles. The summed E-state index contributed by atoms with van der Waals surface area (Å²) in [5, 5.41) is 9.70. The van der Waals surface area contributed by atoms with Crippen molar-refractivity contribution in [1.29, 1.82) is 0 Å². The zero-order valence-corrected chi connectivity index (χ0v) is 8.87. The second-order valence-corrected chi connectivity index (χ2v) is 3.52. The SMILES string of the molecule is COc1cc(C(C)CN)c(O)cc1C. The van der Waals surface area contributed by atoms with Gasteiger partial charge < -0.3 is 15.6 Å². The minimum absolute atomic E-state index is 0.143. The van der Waals surface area contributed by atoms with Crippen molar-refractivity contribution in [2.75, 3.05) is 13.7 Å². The fourth-order valence-electron chi connectivity index (χ4n) is 1.43. The number of phenols is 1. The van der Waals surface area contributed by atoms with Gasteiger partial charge in [-0.25, -0.2) is 0 Å². The Balaban J connectivity index is 3.17. The second-order valence-electron chi connectivity index (χ2n) is 3.52. The molecule has 1 aromatic rings. The molecule has 0 aliphatic rings. The molecule has 78 valence electrons. The summed E-state index contributed by atoms with van der Waals surface area (Å²) in [6.45, 7) is 4.39. The molecule has 0 spiro atoms. The van der Waals surface area contributed by atoms with Crippen LogP contribution >= 0.6 is 0 Å². The Morgan fingerprint density at radius 1 is 1.50 bits per heavy atom. The zero-order valence-electron chi connectivity index (χ0n) is 8.87. The van der Waals surface area contributed by atoms with Gasteiger partial charge in [0.2, 0.25) is 0 Å². The van der Waals surface area contributed by atoms with Crippen molar-refractivity contribution in [2.24, 2.45) is 5.73 Å². The number of benzene rings is 1. The zero-order chi connectivity index (χ0) is 10.7. The summed E-state index contributed by atoms with van der Waals surface area (Å²) in [5.41, 5.74) is 7.32. The van der Waals surface area contributed by atoms with E-state index in [0.717, 1.165) is 16.9 Å². The monoisotopic (exact) mass is 195 g/mol. The molecule has 1 aromatic carbocycles. The molecule has 0 aliphatic carbocycles. The van der Waals surface area contributed by atoms with E-state index in [0.29, 0.717) is 12.3 Å². The first-order valence-electron chi connectivity index (χ1n) is 4.67. The third-order valence-electron chi connectivity index (χ3n) is 2.43. The standard InChI is InChI=1S/C11H17NO2/c1-7-4-10(13)9(8(2)6-12)5-11(7)14-3/h4-5,8,13H,6,12H2,1-3H3. The van der Waals surface area contributed by atoms with E-state index in [4.69, 9.17) is 10.5 Å². The third kappa shape index (κ3) is 1.99. The molecule has 14 heavy (non-hydrogen) atoms. The maximum absolute atomic E-state index is 9.70. The van der Waals surface area contributed by atoms with E-state index in [2.05, 4.69) is 0 Å². The van der Waals surface area contributed by atoms with Crippen LogP contribution < -0.4 is 10.5 Å². The predicted octanol–water partition coefficient (Wildman–Crippen LogP) is 1.77. The lowest BCUT2D eigenvalue weighted by atomic mass is 9.98. The molecular formula is C11H17NO2. The summed E-state index contributed by atoms with van der Waals surface area (Å²) >= 11 is 0. The van der Waals surface area contributed by atoms with E-state index in [1.807, 2.05) is 19.9 Å². The van der Waals surface area contributed by atoms with Crippen LogP contribution in [0.3, 0.4) is 0 Å². The summed E-state index contributed by atoms with van der Waals surface area (Å²) in [6, 6.07) is 3.56. The Hall–Kier alpha value is -1.22. The van der Waals surface area contributed by atoms with Crippen molar-refractivity contribution in [3.8, 4) is 11.5 Å². The van der Waals surface area contributed by atoms with Gasteiger partial charge in [-0.15, -0.1) is 0 Å². The van der Waals surface area contributed by atoms with Crippen LogP contribution in [0.1, 0.15) is 24.0 Å². The first-order chi connectivity index (χ1) is 6.60. The van der Waals surface area contributed by atoms with Crippen molar-refractivity contribution < 1.29 is 9.84 Å². The summed E-state index contributed by atoms with van der Waals surface area (Å²) in [5.74, 6) is 1.23. The van der Waals surface area contributed by atoms with E-state index in [9.17, 15) is 5.11 Å². The highest BCUT2D eigenvalue weighted by Crippen LogP contribution is 2.31. The fraction of sp³-hybridized carbons (Fsp3) is 0.455. The van der Waals surface area contributed by atoms with Gasteiger partial charge in [0.25, 0.3) is 0 Å². The maximum atomic E-state index is 9.70. The number of hydrogen-bond acceptors (Lipinski definition) is 3. The third-order valence-corrected chi connectivity index (χ3v) is 2.43. The number of phenolic OH excluding ortho intramolecular Hbond substituents is 1. The topological polar surface area (TPSA) is 55.5 Å². The van der Waals surface area contributed by atoms with Gasteiger partial charge in [0, 0.05) is 5.56 Å². The van der Waals surface area contributed by atoms with Gasteiger partial charge in [0.15, 0.2) is 0 Å². The molecule has 1 rings (SSSR count). The van der Waals surface area contributed by atoms with E-state index < -0.39 is 0 Å². The molecule has 0 amide bonds. The lowest BCUT2D eigenvalue weighted by Gasteiger charge is -2.14. The number of aromatic hydroxyl groups is 1. The van der Waals surface area contributed by atoms with Crippen molar-refractivity contribution in [1.82, 2.24) is 0 Å². The van der Waals surface area contributed by atoms with E-state index in [1.54, 1.807) is 13.2 Å². The molecule has 0 bridgehead atoms. The highest BCUT2D eigenvalue weighted by Gasteiger charge is 2.11. The Bertz CT molecular complexity index is 323. The van der Waals surface area contributed by atoms with Crippen LogP contribution in [0, 0.1) is 6.92 Å². The molecule has 0 fully saturated rings. The van der Waals surface area contributed by atoms with Crippen LogP contribution in [0.15, 0.2) is 12.1 Å². The first-order valence-corrected chi connectivity index (χ1v) is 4.67. The molecule has 0 saturated heterocycles. The van der Waals surface area contributed by atoms with Crippen LogP contribution in [-0.4, -0.2) is 18.8 Å². The molecule has 3 heteroatoms. The van der Waals surface area contributed by atoms with Crippen LogP contribution in [0.4, 0.5) is 0 Å². The molecule has 0 radical (unpaired) electrons. The number of ether oxygens (including phenoxy) is 1. The Morgan fingerprint density at radius 3 is 2.64 bits per heavy atom. The van der Waals surface area contributed by atoms with Crippen LogP contribution in [0.2, 0.25) is 0 Å². The van der Waals surface area contributed by atoms with Gasteiger partial charge in [0.05, 0.1) is 7.11 Å². The minimum Gasteiger partial charge on any atom is -0.508 e. The molecule has 1 atom stereocenters. The van der Waals surface area contributed by atoms with Gasteiger partial charge in [-0.2, -0.15) is 0 Å². The Labute approximate surface area is 84.5 Å². The van der Waals surface area contributed by atoms with E-state index in [1.165, 1.54) is 0 Å². The van der Waals surface area contributed by atoms with Gasteiger partial charge in [-0.1, -0.05) is 6.92 Å². The molecule has 0 aromatic heterocycles. The Morgan fingerprint density at radius 2 is 2.14 bits per heavy atom. The quantitative estimate of drug-likeness (QED) is 0.772. The summed E-state index contributed by atoms with van der Waals surface area (Å²) in [4.78, 5) is 0. The number of rotatable bonds is 3. The van der Waals surface area contributed by atoms with Gasteiger partial charge >= 0.3 is 0 Å². The van der Waals surface area contributed by atoms with Crippen LogP contribution in [-0.2, 0) is 0 Å². The van der Waals surface area contributed by atoms with Gasteiger partial charge in [-0.05, 0) is 37.1 Å². The lowest BCUT2D eigenvalue weighted by Crippen LogP contribution is -2.09. The molecule has 0 aliphatic heterocycles. The van der Waals surface area contributed by atoms with Crippen molar-refractivity contribution in [3.63, 3.8) is 0 Å². The summed E-state index contributed by atoms with van der Waals surface area (Å²) in [7, 11) is 1.62. The lowest BCUT2D eigenvalue weighted by molar-refractivity contribution is 0.406. The van der Waals surface area contributed by atoms with Gasteiger partial charge in [0.1, 0.15) is 11.5 Å². The molecule has 0 heterocycles. The smallest absolute Gasteiger partial charge is 0.122 e. The van der Waals surface area contributed by atoms with Crippen molar-refractivity contribution in [2.45, 2.75) is 19.8 Å². The van der Waals surface area contributed by atoms with Crippen molar-refractivity contribution in [3.05, 3.63) is 23.3 Å². The minimum atomic E-state index is 0.143. The second kappa shape index (κ2) is 4.33. The Kier molecular flexibility index (Phi) is 3.36. The molecule has 1 unspecified atom stereocenters. The van der Waals surface area contributed by atoms with Crippen LogP contribution in [0.5, 0.6) is 11.5 Å².